The predicted octanol–water partition coefficient (Wildman–Crippen LogP) is 4.71. The summed E-state index contributed by atoms with van der Waals surface area (Å²) in [4.78, 5) is 2.31. The summed E-state index contributed by atoms with van der Waals surface area (Å²) in [6.45, 7) is 4.98. The first-order valence-corrected chi connectivity index (χ1v) is 10.5. The van der Waals surface area contributed by atoms with E-state index >= 15 is 0 Å². The average Bonchev–Trinajstić information content (AvgIpc) is 2.78. The second-order valence-electron chi connectivity index (χ2n) is 7.80. The highest BCUT2D eigenvalue weighted by atomic mass is 16.5. The van der Waals surface area contributed by atoms with Crippen LogP contribution in [0.1, 0.15) is 23.6 Å². The van der Waals surface area contributed by atoms with Gasteiger partial charge in [0.25, 0.3) is 0 Å². The van der Waals surface area contributed by atoms with Crippen LogP contribution in [0.3, 0.4) is 0 Å². The van der Waals surface area contributed by atoms with E-state index in [1.54, 1.807) is 0 Å². The highest BCUT2D eigenvalue weighted by Gasteiger charge is 2.18. The lowest BCUT2D eigenvalue weighted by Crippen LogP contribution is -2.38. The quantitative estimate of drug-likeness (QED) is 0.637. The van der Waals surface area contributed by atoms with E-state index in [2.05, 4.69) is 66.4 Å². The maximum atomic E-state index is 10.5. The molecule has 3 nitrogen and oxygen atoms in total. The van der Waals surface area contributed by atoms with Crippen molar-refractivity contribution in [3.63, 3.8) is 0 Å². The standard InChI is InChI=1S/C26H29NO2/c1-2-20-10-12-22(13-11-20)23-8-5-9-26(16-23)29-19-25(28)18-27-15-14-21-6-3-4-7-24(21)17-27/h3-13,16,25,28H,2,14-15,17-19H2,1H3. The van der Waals surface area contributed by atoms with Crippen LogP contribution < -0.4 is 4.74 Å². The molecule has 1 atom stereocenters. The van der Waals surface area contributed by atoms with Crippen LogP contribution in [-0.2, 0) is 19.4 Å². The first-order chi connectivity index (χ1) is 14.2. The van der Waals surface area contributed by atoms with Crippen molar-refractivity contribution in [2.75, 3.05) is 19.7 Å². The largest absolute Gasteiger partial charge is 0.491 e. The fourth-order valence-electron chi connectivity index (χ4n) is 3.95. The summed E-state index contributed by atoms with van der Waals surface area (Å²) < 4.78 is 5.91. The van der Waals surface area contributed by atoms with Gasteiger partial charge < -0.3 is 9.84 Å². The van der Waals surface area contributed by atoms with Crippen LogP contribution in [0.5, 0.6) is 5.75 Å². The summed E-state index contributed by atoms with van der Waals surface area (Å²) >= 11 is 0. The predicted molar refractivity (Wildman–Crippen MR) is 118 cm³/mol. The minimum absolute atomic E-state index is 0.302. The van der Waals surface area contributed by atoms with Gasteiger partial charge in [0, 0.05) is 19.6 Å². The van der Waals surface area contributed by atoms with Gasteiger partial charge >= 0.3 is 0 Å². The van der Waals surface area contributed by atoms with E-state index in [9.17, 15) is 5.11 Å². The Hall–Kier alpha value is -2.62. The van der Waals surface area contributed by atoms with Crippen LogP contribution in [0, 0.1) is 0 Å². The number of aryl methyl sites for hydroxylation is 1. The van der Waals surface area contributed by atoms with Gasteiger partial charge in [0.2, 0.25) is 0 Å². The normalized spacial score (nSPS) is 15.0. The number of ether oxygens (including phenoxy) is 1. The van der Waals surface area contributed by atoms with E-state index in [1.807, 2.05) is 18.2 Å². The molecule has 0 saturated carbocycles. The smallest absolute Gasteiger partial charge is 0.120 e. The van der Waals surface area contributed by atoms with Crippen molar-refractivity contribution in [2.45, 2.75) is 32.4 Å². The highest BCUT2D eigenvalue weighted by Crippen LogP contribution is 2.25. The molecule has 3 heteroatoms. The molecular weight excluding hydrogens is 358 g/mol. The number of aliphatic hydroxyl groups excluding tert-OH is 1. The van der Waals surface area contributed by atoms with Gasteiger partial charge in [0.1, 0.15) is 18.5 Å². The van der Waals surface area contributed by atoms with Gasteiger partial charge in [-0.1, -0.05) is 67.6 Å². The second-order valence-corrected chi connectivity index (χ2v) is 7.80. The monoisotopic (exact) mass is 387 g/mol. The Bertz CT molecular complexity index is 935. The molecule has 1 aliphatic rings. The van der Waals surface area contributed by atoms with Crippen LogP contribution in [-0.4, -0.2) is 35.8 Å². The van der Waals surface area contributed by atoms with Crippen molar-refractivity contribution < 1.29 is 9.84 Å². The first kappa shape index (κ1) is 19.7. The van der Waals surface area contributed by atoms with Gasteiger partial charge in [-0.05, 0) is 52.8 Å². The van der Waals surface area contributed by atoms with Gasteiger partial charge in [-0.3, -0.25) is 4.90 Å². The van der Waals surface area contributed by atoms with Gasteiger partial charge in [-0.25, -0.2) is 0 Å². The van der Waals surface area contributed by atoms with Gasteiger partial charge in [-0.2, -0.15) is 0 Å². The molecule has 0 radical (unpaired) electrons. The van der Waals surface area contributed by atoms with Crippen molar-refractivity contribution in [3.8, 4) is 16.9 Å². The maximum Gasteiger partial charge on any atom is 0.120 e. The van der Waals surface area contributed by atoms with Crippen LogP contribution >= 0.6 is 0 Å². The molecule has 0 aliphatic carbocycles. The molecule has 29 heavy (non-hydrogen) atoms. The fraction of sp³-hybridized carbons (Fsp3) is 0.308. The van der Waals surface area contributed by atoms with Crippen LogP contribution in [0.15, 0.2) is 72.8 Å². The van der Waals surface area contributed by atoms with Crippen molar-refractivity contribution in [2.24, 2.45) is 0 Å². The Morgan fingerprint density at radius 1 is 0.931 bits per heavy atom. The van der Waals surface area contributed by atoms with Gasteiger partial charge in [-0.15, -0.1) is 0 Å². The number of hydrogen-bond acceptors (Lipinski definition) is 3. The van der Waals surface area contributed by atoms with E-state index in [0.717, 1.165) is 37.2 Å². The summed E-state index contributed by atoms with van der Waals surface area (Å²) in [5.74, 6) is 0.796. The number of benzene rings is 3. The lowest BCUT2D eigenvalue weighted by atomic mass is 10.00. The molecule has 0 aromatic heterocycles. The summed E-state index contributed by atoms with van der Waals surface area (Å²) in [5, 5.41) is 10.5. The van der Waals surface area contributed by atoms with Crippen molar-refractivity contribution in [1.82, 2.24) is 4.90 Å². The third kappa shape index (κ3) is 5.06. The summed E-state index contributed by atoms with van der Waals surface area (Å²) in [6, 6.07) is 25.3. The molecule has 0 saturated heterocycles. The third-order valence-electron chi connectivity index (χ3n) is 5.65. The molecule has 150 valence electrons. The molecule has 4 rings (SSSR count). The summed E-state index contributed by atoms with van der Waals surface area (Å²) in [5.41, 5.74) is 6.45. The maximum absolute atomic E-state index is 10.5. The van der Waals surface area contributed by atoms with Gasteiger partial charge in [0.05, 0.1) is 0 Å². The fourth-order valence-corrected chi connectivity index (χ4v) is 3.95. The van der Waals surface area contributed by atoms with Crippen LogP contribution in [0.2, 0.25) is 0 Å². The van der Waals surface area contributed by atoms with Gasteiger partial charge in [0.15, 0.2) is 0 Å². The van der Waals surface area contributed by atoms with Crippen LogP contribution in [0.25, 0.3) is 11.1 Å². The van der Waals surface area contributed by atoms with Crippen molar-refractivity contribution in [3.05, 3.63) is 89.5 Å². The topological polar surface area (TPSA) is 32.7 Å². The Kier molecular flexibility index (Phi) is 6.28. The molecule has 3 aromatic rings. The Balaban J connectivity index is 1.32. The Labute approximate surface area is 173 Å². The number of rotatable bonds is 7. The minimum Gasteiger partial charge on any atom is -0.491 e. The number of nitrogens with zero attached hydrogens (tertiary/aromatic N) is 1. The van der Waals surface area contributed by atoms with E-state index in [1.165, 1.54) is 22.3 Å². The number of β-amino-alcohol motifs (C(OH)–C–C–N with tert-alkyl or cyclic N) is 1. The van der Waals surface area contributed by atoms with Crippen molar-refractivity contribution >= 4 is 0 Å². The summed E-state index contributed by atoms with van der Waals surface area (Å²) in [7, 11) is 0. The zero-order valence-electron chi connectivity index (χ0n) is 17.1. The zero-order chi connectivity index (χ0) is 20.1. The number of aliphatic hydroxyl groups is 1. The summed E-state index contributed by atoms with van der Waals surface area (Å²) in [6.07, 6.45) is 1.58. The molecule has 1 aliphatic heterocycles. The molecule has 1 unspecified atom stereocenters. The molecule has 3 aromatic carbocycles. The molecule has 1 heterocycles. The third-order valence-corrected chi connectivity index (χ3v) is 5.65. The molecule has 0 spiro atoms. The average molecular weight is 388 g/mol. The lowest BCUT2D eigenvalue weighted by molar-refractivity contribution is 0.0638. The molecule has 0 amide bonds. The molecule has 0 bridgehead atoms. The SMILES string of the molecule is CCc1ccc(-c2cccc(OCC(O)CN3CCc4ccccc4C3)c2)cc1. The van der Waals surface area contributed by atoms with E-state index in [-0.39, 0.29) is 0 Å². The van der Waals surface area contributed by atoms with E-state index in [4.69, 9.17) is 4.74 Å². The number of fused-ring (bicyclic) bond motifs is 1. The molecule has 0 fully saturated rings. The molecule has 1 N–H and O–H groups in total. The van der Waals surface area contributed by atoms with Crippen LogP contribution in [0.4, 0.5) is 0 Å². The van der Waals surface area contributed by atoms with E-state index in [0.29, 0.717) is 13.2 Å². The van der Waals surface area contributed by atoms with E-state index < -0.39 is 6.10 Å². The minimum atomic E-state index is -0.507. The zero-order valence-corrected chi connectivity index (χ0v) is 17.1. The van der Waals surface area contributed by atoms with Crippen molar-refractivity contribution in [1.29, 1.82) is 0 Å². The Morgan fingerprint density at radius 2 is 1.72 bits per heavy atom. The Morgan fingerprint density at radius 3 is 2.52 bits per heavy atom. The molecular formula is C26H29NO2. The first-order valence-electron chi connectivity index (χ1n) is 10.5. The second kappa shape index (κ2) is 9.25. The highest BCUT2D eigenvalue weighted by molar-refractivity contribution is 5.65. The number of hydrogen-bond donors (Lipinski definition) is 1. The lowest BCUT2D eigenvalue weighted by Gasteiger charge is -2.30.